The Hall–Kier alpha value is -1.79. The van der Waals surface area contributed by atoms with Gasteiger partial charge in [-0.2, -0.15) is 0 Å². The Labute approximate surface area is 190 Å². The molecule has 3 fully saturated rings. The van der Waals surface area contributed by atoms with Crippen LogP contribution in [0.4, 0.5) is 4.79 Å². The second-order valence-electron chi connectivity index (χ2n) is 10.9. The van der Waals surface area contributed by atoms with Gasteiger partial charge < -0.3 is 14.5 Å². The lowest BCUT2D eigenvalue weighted by atomic mass is 9.59. The van der Waals surface area contributed by atoms with E-state index in [0.717, 1.165) is 32.6 Å². The average molecular weight is 448 g/mol. The van der Waals surface area contributed by atoms with Crippen molar-refractivity contribution in [3.8, 4) is 0 Å². The van der Waals surface area contributed by atoms with Gasteiger partial charge in [-0.1, -0.05) is 17.7 Å². The summed E-state index contributed by atoms with van der Waals surface area (Å²) in [6.07, 6.45) is 3.19. The molecule has 0 atom stereocenters. The Morgan fingerprint density at radius 1 is 1.19 bits per heavy atom. The second-order valence-corrected chi connectivity index (χ2v) is 11.3. The SMILES string of the molecule is CN(C)C(=O)c1ccc(CC2CN(C3CC4(C3)CN(C(=O)OC(C)(C)C)C4)C2)cc1Cl. The summed E-state index contributed by atoms with van der Waals surface area (Å²) < 4.78 is 5.47. The monoisotopic (exact) mass is 447 g/mol. The first kappa shape index (κ1) is 22.4. The second kappa shape index (κ2) is 7.96. The molecule has 7 heteroatoms. The highest BCUT2D eigenvalue weighted by Gasteiger charge is 2.56. The highest BCUT2D eigenvalue weighted by Crippen LogP contribution is 2.51. The smallest absolute Gasteiger partial charge is 0.410 e. The largest absolute Gasteiger partial charge is 0.444 e. The minimum Gasteiger partial charge on any atom is -0.444 e. The first-order valence-corrected chi connectivity index (χ1v) is 11.5. The van der Waals surface area contributed by atoms with Gasteiger partial charge in [-0.15, -0.1) is 0 Å². The molecular weight excluding hydrogens is 414 g/mol. The Bertz CT molecular complexity index is 859. The molecule has 170 valence electrons. The number of ether oxygens (including phenoxy) is 1. The van der Waals surface area contributed by atoms with Gasteiger partial charge >= 0.3 is 6.09 Å². The van der Waals surface area contributed by atoms with Crippen molar-refractivity contribution in [2.75, 3.05) is 40.3 Å². The molecular formula is C24H34ClN3O3. The van der Waals surface area contributed by atoms with Crippen molar-refractivity contribution in [2.45, 2.75) is 51.7 Å². The molecule has 2 amide bonds. The van der Waals surface area contributed by atoms with Crippen molar-refractivity contribution in [1.82, 2.24) is 14.7 Å². The van der Waals surface area contributed by atoms with Crippen LogP contribution in [0.5, 0.6) is 0 Å². The van der Waals surface area contributed by atoms with Crippen LogP contribution < -0.4 is 0 Å². The summed E-state index contributed by atoms with van der Waals surface area (Å²) in [4.78, 5) is 30.2. The first-order chi connectivity index (χ1) is 14.4. The van der Waals surface area contributed by atoms with Crippen LogP contribution in [0.25, 0.3) is 0 Å². The van der Waals surface area contributed by atoms with Crippen LogP contribution >= 0.6 is 11.6 Å². The lowest BCUT2D eigenvalue weighted by molar-refractivity contribution is -0.126. The summed E-state index contributed by atoms with van der Waals surface area (Å²) in [6.45, 7) is 9.64. The van der Waals surface area contributed by atoms with Gasteiger partial charge in [0.05, 0.1) is 10.6 Å². The van der Waals surface area contributed by atoms with Crippen LogP contribution in [-0.4, -0.2) is 78.6 Å². The summed E-state index contributed by atoms with van der Waals surface area (Å²) >= 11 is 6.35. The number of likely N-dealkylation sites (tertiary alicyclic amines) is 2. The van der Waals surface area contributed by atoms with E-state index in [2.05, 4.69) is 4.90 Å². The van der Waals surface area contributed by atoms with E-state index < -0.39 is 5.60 Å². The quantitative estimate of drug-likeness (QED) is 0.702. The maximum Gasteiger partial charge on any atom is 0.410 e. The summed E-state index contributed by atoms with van der Waals surface area (Å²) in [5.41, 5.74) is 1.66. The number of rotatable bonds is 4. The van der Waals surface area contributed by atoms with Gasteiger partial charge in [-0.25, -0.2) is 4.79 Å². The van der Waals surface area contributed by atoms with Crippen LogP contribution in [0.15, 0.2) is 18.2 Å². The molecule has 2 heterocycles. The predicted octanol–water partition coefficient (Wildman–Crippen LogP) is 3.92. The topological polar surface area (TPSA) is 53.1 Å². The molecule has 1 spiro atoms. The fraction of sp³-hybridized carbons (Fsp3) is 0.667. The lowest BCUT2D eigenvalue weighted by Crippen LogP contribution is -2.70. The summed E-state index contributed by atoms with van der Waals surface area (Å²) in [6, 6.07) is 6.47. The van der Waals surface area contributed by atoms with Crippen molar-refractivity contribution in [1.29, 1.82) is 0 Å². The molecule has 1 aromatic rings. The molecule has 1 aromatic carbocycles. The molecule has 31 heavy (non-hydrogen) atoms. The fourth-order valence-electron chi connectivity index (χ4n) is 5.15. The molecule has 1 aliphatic carbocycles. The fourth-order valence-corrected chi connectivity index (χ4v) is 5.43. The van der Waals surface area contributed by atoms with Gasteiger partial charge in [0.15, 0.2) is 0 Å². The number of hydrogen-bond donors (Lipinski definition) is 0. The molecule has 0 N–H and O–H groups in total. The Morgan fingerprint density at radius 2 is 1.84 bits per heavy atom. The molecule has 2 saturated heterocycles. The minimum absolute atomic E-state index is 0.0634. The predicted molar refractivity (Wildman–Crippen MR) is 121 cm³/mol. The average Bonchev–Trinajstić information content (AvgIpc) is 2.54. The molecule has 3 aliphatic rings. The zero-order valence-corrected chi connectivity index (χ0v) is 20.0. The van der Waals surface area contributed by atoms with Gasteiger partial charge in [0.1, 0.15) is 5.60 Å². The van der Waals surface area contributed by atoms with Gasteiger partial charge in [0, 0.05) is 51.7 Å². The summed E-state index contributed by atoms with van der Waals surface area (Å²) in [7, 11) is 3.47. The summed E-state index contributed by atoms with van der Waals surface area (Å²) in [5, 5.41) is 0.535. The van der Waals surface area contributed by atoms with Gasteiger partial charge in [0.2, 0.25) is 0 Å². The van der Waals surface area contributed by atoms with Gasteiger partial charge in [-0.3, -0.25) is 9.69 Å². The Kier molecular flexibility index (Phi) is 5.76. The van der Waals surface area contributed by atoms with E-state index in [-0.39, 0.29) is 12.0 Å². The maximum absolute atomic E-state index is 12.1. The van der Waals surface area contributed by atoms with E-state index in [0.29, 0.717) is 28.0 Å². The third-order valence-electron chi connectivity index (χ3n) is 6.74. The zero-order chi connectivity index (χ0) is 22.6. The molecule has 0 bridgehead atoms. The summed E-state index contributed by atoms with van der Waals surface area (Å²) in [5.74, 6) is 0.578. The van der Waals surface area contributed by atoms with Crippen molar-refractivity contribution >= 4 is 23.6 Å². The molecule has 6 nitrogen and oxygen atoms in total. The van der Waals surface area contributed by atoms with E-state index in [4.69, 9.17) is 16.3 Å². The number of nitrogens with zero attached hydrogens (tertiary/aromatic N) is 3. The van der Waals surface area contributed by atoms with Gasteiger partial charge in [0.25, 0.3) is 5.91 Å². The number of halogens is 1. The highest BCUT2D eigenvalue weighted by atomic mass is 35.5. The number of hydrogen-bond acceptors (Lipinski definition) is 4. The van der Waals surface area contributed by atoms with Crippen LogP contribution in [0.1, 0.15) is 49.5 Å². The van der Waals surface area contributed by atoms with Crippen LogP contribution in [0.2, 0.25) is 5.02 Å². The third-order valence-corrected chi connectivity index (χ3v) is 7.05. The van der Waals surface area contributed by atoms with E-state index in [1.54, 1.807) is 19.0 Å². The Morgan fingerprint density at radius 3 is 2.39 bits per heavy atom. The molecule has 0 unspecified atom stereocenters. The van der Waals surface area contributed by atoms with Crippen molar-refractivity contribution in [3.05, 3.63) is 34.3 Å². The molecule has 4 rings (SSSR count). The molecule has 2 aliphatic heterocycles. The van der Waals surface area contributed by atoms with Crippen molar-refractivity contribution in [3.63, 3.8) is 0 Å². The minimum atomic E-state index is -0.430. The normalized spacial score (nSPS) is 21.3. The maximum atomic E-state index is 12.1. The van der Waals surface area contributed by atoms with Gasteiger partial charge in [-0.05, 0) is 63.6 Å². The van der Waals surface area contributed by atoms with Crippen LogP contribution in [0.3, 0.4) is 0 Å². The lowest BCUT2D eigenvalue weighted by Gasteiger charge is -2.62. The van der Waals surface area contributed by atoms with Crippen LogP contribution in [0, 0.1) is 11.3 Å². The number of carbonyl (C=O) groups is 2. The van der Waals surface area contributed by atoms with Crippen molar-refractivity contribution < 1.29 is 14.3 Å². The molecule has 0 radical (unpaired) electrons. The van der Waals surface area contributed by atoms with Crippen LogP contribution in [-0.2, 0) is 11.2 Å². The third kappa shape index (κ3) is 4.70. The van der Waals surface area contributed by atoms with E-state index in [9.17, 15) is 9.59 Å². The number of carbonyl (C=O) groups excluding carboxylic acids is 2. The molecule has 0 aromatic heterocycles. The number of amides is 2. The van der Waals surface area contributed by atoms with E-state index in [1.165, 1.54) is 18.4 Å². The van der Waals surface area contributed by atoms with Crippen molar-refractivity contribution in [2.24, 2.45) is 11.3 Å². The standard InChI is InChI=1S/C24H34ClN3O3/c1-23(2,3)31-22(30)28-14-24(15-28)10-18(11-24)27-12-17(13-27)8-16-6-7-19(20(25)9-16)21(29)26(4)5/h6-7,9,17-18H,8,10-15H2,1-5H3. The number of benzene rings is 1. The van der Waals surface area contributed by atoms with E-state index >= 15 is 0 Å². The zero-order valence-electron chi connectivity index (χ0n) is 19.3. The van der Waals surface area contributed by atoms with E-state index in [1.807, 2.05) is 43.9 Å². The Balaban J connectivity index is 1.19. The highest BCUT2D eigenvalue weighted by molar-refractivity contribution is 6.33. The first-order valence-electron chi connectivity index (χ1n) is 11.2. The molecule has 1 saturated carbocycles.